The first-order chi connectivity index (χ1) is 10.2. The maximum atomic E-state index is 12.2. The molecule has 0 radical (unpaired) electrons. The van der Waals surface area contributed by atoms with Gasteiger partial charge >= 0.3 is 6.09 Å². The van der Waals surface area contributed by atoms with Crippen LogP contribution in [-0.4, -0.2) is 72.7 Å². The molecule has 1 amide bonds. The number of ether oxygens (including phenoxy) is 2. The second-order valence-electron chi connectivity index (χ2n) is 7.64. The molecule has 1 N–H and O–H groups in total. The molecular formula is C16H30N2O4. The molecule has 0 saturated carbocycles. The summed E-state index contributed by atoms with van der Waals surface area (Å²) in [5, 5.41) is 9.56. The molecular weight excluding hydrogens is 284 g/mol. The minimum absolute atomic E-state index is 0.193. The third-order valence-electron chi connectivity index (χ3n) is 4.69. The average Bonchev–Trinajstić information content (AvgIpc) is 2.84. The van der Waals surface area contributed by atoms with Crippen molar-refractivity contribution in [3.05, 3.63) is 0 Å². The number of carbonyl (C=O) groups is 1. The van der Waals surface area contributed by atoms with Crippen molar-refractivity contribution in [3.8, 4) is 0 Å². The smallest absolute Gasteiger partial charge is 0.410 e. The predicted molar refractivity (Wildman–Crippen MR) is 83.5 cm³/mol. The number of aliphatic hydroxyl groups excluding tert-OH is 1. The van der Waals surface area contributed by atoms with Crippen molar-refractivity contribution in [1.82, 2.24) is 9.80 Å². The third kappa shape index (κ3) is 4.57. The molecule has 2 heterocycles. The molecule has 0 aromatic carbocycles. The Kier molecular flexibility index (Phi) is 5.35. The molecule has 0 aromatic rings. The lowest BCUT2D eigenvalue weighted by molar-refractivity contribution is -0.0962. The topological polar surface area (TPSA) is 62.2 Å². The van der Waals surface area contributed by atoms with E-state index in [4.69, 9.17) is 9.47 Å². The highest BCUT2D eigenvalue weighted by atomic mass is 16.6. The van der Waals surface area contributed by atoms with Crippen LogP contribution in [0.4, 0.5) is 4.79 Å². The van der Waals surface area contributed by atoms with Gasteiger partial charge in [0.1, 0.15) is 5.60 Å². The van der Waals surface area contributed by atoms with Crippen molar-refractivity contribution in [2.45, 2.75) is 51.9 Å². The molecule has 1 spiro atoms. The van der Waals surface area contributed by atoms with E-state index in [1.54, 1.807) is 0 Å². The van der Waals surface area contributed by atoms with Crippen LogP contribution >= 0.6 is 0 Å². The van der Waals surface area contributed by atoms with Crippen LogP contribution in [0, 0.1) is 5.41 Å². The predicted octanol–water partition coefficient (Wildman–Crippen LogP) is 1.67. The largest absolute Gasteiger partial charge is 0.444 e. The second kappa shape index (κ2) is 6.72. The molecule has 0 aromatic heterocycles. The van der Waals surface area contributed by atoms with Gasteiger partial charge in [-0.2, -0.15) is 0 Å². The van der Waals surface area contributed by atoms with E-state index in [1.165, 1.54) is 7.11 Å². The fraction of sp³-hybridized carbons (Fsp3) is 0.938. The Morgan fingerprint density at radius 1 is 1.23 bits per heavy atom. The van der Waals surface area contributed by atoms with E-state index in [9.17, 15) is 9.90 Å². The Bertz CT molecular complexity index is 386. The Morgan fingerprint density at radius 2 is 1.82 bits per heavy atom. The number of hydrogen-bond acceptors (Lipinski definition) is 5. The first-order valence-corrected chi connectivity index (χ1v) is 8.14. The van der Waals surface area contributed by atoms with E-state index >= 15 is 0 Å². The van der Waals surface area contributed by atoms with E-state index in [0.717, 1.165) is 45.4 Å². The van der Waals surface area contributed by atoms with Crippen LogP contribution in [-0.2, 0) is 9.47 Å². The van der Waals surface area contributed by atoms with Crippen LogP contribution in [0.2, 0.25) is 0 Å². The van der Waals surface area contributed by atoms with Crippen molar-refractivity contribution in [2.24, 2.45) is 5.41 Å². The van der Waals surface area contributed by atoms with Gasteiger partial charge in [-0.15, -0.1) is 0 Å². The zero-order chi connectivity index (χ0) is 16.4. The highest BCUT2D eigenvalue weighted by molar-refractivity contribution is 5.68. The lowest BCUT2D eigenvalue weighted by Gasteiger charge is -2.39. The van der Waals surface area contributed by atoms with E-state index in [0.29, 0.717) is 6.54 Å². The van der Waals surface area contributed by atoms with Crippen molar-refractivity contribution < 1.29 is 19.4 Å². The Morgan fingerprint density at radius 3 is 2.36 bits per heavy atom. The van der Waals surface area contributed by atoms with Gasteiger partial charge in [0.05, 0.1) is 0 Å². The number of piperidine rings is 1. The molecule has 6 heteroatoms. The molecule has 2 aliphatic heterocycles. The maximum absolute atomic E-state index is 12.2. The summed E-state index contributed by atoms with van der Waals surface area (Å²) in [6.07, 6.45) is 2.26. The standard InChI is InChI=1S/C16H30N2O4/c1-15(2,3)22-14(20)18-10-7-16(12-18)5-8-17(9-6-16)11-13(19)21-4/h13,19H,5-12H2,1-4H3. The van der Waals surface area contributed by atoms with E-state index in [1.807, 2.05) is 25.7 Å². The summed E-state index contributed by atoms with van der Waals surface area (Å²) in [6, 6.07) is 0. The highest BCUT2D eigenvalue weighted by Gasteiger charge is 2.43. The van der Waals surface area contributed by atoms with E-state index in [-0.39, 0.29) is 11.5 Å². The van der Waals surface area contributed by atoms with E-state index < -0.39 is 11.9 Å². The molecule has 2 saturated heterocycles. The summed E-state index contributed by atoms with van der Waals surface area (Å²) in [4.78, 5) is 16.3. The van der Waals surface area contributed by atoms with Gasteiger partial charge in [-0.05, 0) is 58.5 Å². The van der Waals surface area contributed by atoms with Crippen LogP contribution in [0.25, 0.3) is 0 Å². The summed E-state index contributed by atoms with van der Waals surface area (Å²) in [5.41, 5.74) is -0.210. The number of carbonyl (C=O) groups excluding carboxylic acids is 1. The summed E-state index contributed by atoms with van der Waals surface area (Å²) in [6.45, 7) is 9.73. The van der Waals surface area contributed by atoms with Crippen molar-refractivity contribution >= 4 is 6.09 Å². The van der Waals surface area contributed by atoms with Crippen molar-refractivity contribution in [2.75, 3.05) is 39.8 Å². The Hall–Kier alpha value is -0.850. The maximum Gasteiger partial charge on any atom is 0.410 e. The molecule has 2 aliphatic rings. The number of amides is 1. The van der Waals surface area contributed by atoms with Crippen molar-refractivity contribution in [3.63, 3.8) is 0 Å². The quantitative estimate of drug-likeness (QED) is 0.803. The normalized spacial score (nSPS) is 23.8. The number of hydrogen-bond donors (Lipinski definition) is 1. The molecule has 0 bridgehead atoms. The van der Waals surface area contributed by atoms with Crippen LogP contribution in [0.15, 0.2) is 0 Å². The number of aliphatic hydroxyl groups is 1. The molecule has 6 nitrogen and oxygen atoms in total. The first-order valence-electron chi connectivity index (χ1n) is 8.14. The summed E-state index contributed by atoms with van der Waals surface area (Å²) in [5.74, 6) is 0. The fourth-order valence-electron chi connectivity index (χ4n) is 3.33. The zero-order valence-corrected chi connectivity index (χ0v) is 14.3. The van der Waals surface area contributed by atoms with Gasteiger partial charge in [-0.25, -0.2) is 4.79 Å². The van der Waals surface area contributed by atoms with Crippen LogP contribution in [0.5, 0.6) is 0 Å². The van der Waals surface area contributed by atoms with Gasteiger partial charge in [0.25, 0.3) is 0 Å². The van der Waals surface area contributed by atoms with Gasteiger partial charge in [0.15, 0.2) is 6.29 Å². The van der Waals surface area contributed by atoms with Gasteiger partial charge < -0.3 is 19.5 Å². The molecule has 2 fully saturated rings. The van der Waals surface area contributed by atoms with Crippen LogP contribution in [0.1, 0.15) is 40.0 Å². The lowest BCUT2D eigenvalue weighted by atomic mass is 9.78. The Balaban J connectivity index is 1.82. The SMILES string of the molecule is COC(O)CN1CCC2(CC1)CCN(C(=O)OC(C)(C)C)C2. The summed E-state index contributed by atoms with van der Waals surface area (Å²) < 4.78 is 10.4. The molecule has 0 aliphatic carbocycles. The number of nitrogens with zero attached hydrogens (tertiary/aromatic N) is 2. The monoisotopic (exact) mass is 314 g/mol. The van der Waals surface area contributed by atoms with Gasteiger partial charge in [0.2, 0.25) is 0 Å². The van der Waals surface area contributed by atoms with Crippen LogP contribution < -0.4 is 0 Å². The summed E-state index contributed by atoms with van der Waals surface area (Å²) >= 11 is 0. The molecule has 1 atom stereocenters. The minimum Gasteiger partial charge on any atom is -0.444 e. The zero-order valence-electron chi connectivity index (χ0n) is 14.3. The minimum atomic E-state index is -0.712. The highest BCUT2D eigenvalue weighted by Crippen LogP contribution is 2.40. The molecule has 1 unspecified atom stereocenters. The molecule has 128 valence electrons. The first kappa shape index (κ1) is 17.5. The lowest BCUT2D eigenvalue weighted by Crippen LogP contribution is -2.45. The number of methoxy groups -OCH3 is 1. The van der Waals surface area contributed by atoms with Crippen molar-refractivity contribution in [1.29, 1.82) is 0 Å². The van der Waals surface area contributed by atoms with E-state index in [2.05, 4.69) is 4.90 Å². The number of likely N-dealkylation sites (tertiary alicyclic amines) is 2. The molecule has 22 heavy (non-hydrogen) atoms. The Labute approximate surface area is 133 Å². The average molecular weight is 314 g/mol. The number of β-amino-alcohol motifs (C(OH)–C–C–N with tert-alkyl or cyclic N) is 1. The van der Waals surface area contributed by atoms with Gasteiger partial charge in [-0.1, -0.05) is 0 Å². The second-order valence-corrected chi connectivity index (χ2v) is 7.64. The fourth-order valence-corrected chi connectivity index (χ4v) is 3.33. The third-order valence-corrected chi connectivity index (χ3v) is 4.69. The number of rotatable bonds is 3. The van der Waals surface area contributed by atoms with Gasteiger partial charge in [-0.3, -0.25) is 4.90 Å². The molecule has 2 rings (SSSR count). The summed E-state index contributed by atoms with van der Waals surface area (Å²) in [7, 11) is 1.52. The van der Waals surface area contributed by atoms with Crippen LogP contribution in [0.3, 0.4) is 0 Å². The van der Waals surface area contributed by atoms with Gasteiger partial charge in [0, 0.05) is 26.7 Å².